The Labute approximate surface area is 180 Å². The molecule has 0 aliphatic carbocycles. The number of carbonyl (C=O) groups excluding carboxylic acids is 1. The highest BCUT2D eigenvalue weighted by Gasteiger charge is 2.15. The number of rotatable bonds is 5. The number of carbonyl (C=O) groups is 1. The number of anilines is 1. The summed E-state index contributed by atoms with van der Waals surface area (Å²) in [5.74, 6) is 0.404. The van der Waals surface area contributed by atoms with Crippen LogP contribution in [0.25, 0.3) is 16.7 Å². The zero-order chi connectivity index (χ0) is 22.1. The van der Waals surface area contributed by atoms with Gasteiger partial charge in [0.1, 0.15) is 11.2 Å². The van der Waals surface area contributed by atoms with Gasteiger partial charge in [-0.05, 0) is 57.0 Å². The predicted octanol–water partition coefficient (Wildman–Crippen LogP) is 3.84. The standard InChI is InChI=1S/C24H25N5O2/c1-15-6-9-19(10-7-15)29-23-20(14-25-29)24(31)28(18(4)26-23)12-11-22(30)27-21-13-16(2)5-8-17(21)3/h5-10,13-14H,11-12H2,1-4H3,(H,27,30). The smallest absolute Gasteiger partial charge is 0.264 e. The van der Waals surface area contributed by atoms with Crippen LogP contribution in [0.5, 0.6) is 0 Å². The van der Waals surface area contributed by atoms with Crippen molar-refractivity contribution in [1.29, 1.82) is 0 Å². The molecule has 0 atom stereocenters. The lowest BCUT2D eigenvalue weighted by molar-refractivity contribution is -0.116. The van der Waals surface area contributed by atoms with E-state index in [1.807, 2.05) is 63.2 Å². The van der Waals surface area contributed by atoms with E-state index in [4.69, 9.17) is 0 Å². The van der Waals surface area contributed by atoms with Crippen LogP contribution in [0.1, 0.15) is 28.9 Å². The van der Waals surface area contributed by atoms with Gasteiger partial charge in [0.25, 0.3) is 5.56 Å². The van der Waals surface area contributed by atoms with Crippen molar-refractivity contribution < 1.29 is 4.79 Å². The van der Waals surface area contributed by atoms with Crippen molar-refractivity contribution in [3.8, 4) is 5.69 Å². The van der Waals surface area contributed by atoms with E-state index in [2.05, 4.69) is 15.4 Å². The molecule has 4 aromatic rings. The molecule has 158 valence electrons. The van der Waals surface area contributed by atoms with E-state index in [0.29, 0.717) is 16.9 Å². The molecule has 0 unspecified atom stereocenters. The number of hydrogen-bond acceptors (Lipinski definition) is 4. The maximum absolute atomic E-state index is 13.1. The molecule has 0 radical (unpaired) electrons. The normalized spacial score (nSPS) is 11.1. The summed E-state index contributed by atoms with van der Waals surface area (Å²) in [5, 5.41) is 7.74. The van der Waals surface area contributed by atoms with Gasteiger partial charge in [-0.3, -0.25) is 14.2 Å². The van der Waals surface area contributed by atoms with Crippen LogP contribution in [0, 0.1) is 27.7 Å². The molecule has 0 spiro atoms. The lowest BCUT2D eigenvalue weighted by Gasteiger charge is -2.12. The highest BCUT2D eigenvalue weighted by molar-refractivity contribution is 5.91. The molecule has 1 N–H and O–H groups in total. The molecule has 2 aromatic heterocycles. The molecule has 0 bridgehead atoms. The van der Waals surface area contributed by atoms with Gasteiger partial charge in [-0.15, -0.1) is 0 Å². The minimum absolute atomic E-state index is 0.143. The summed E-state index contributed by atoms with van der Waals surface area (Å²) in [6.45, 7) is 7.97. The number of hydrogen-bond donors (Lipinski definition) is 1. The zero-order valence-corrected chi connectivity index (χ0v) is 18.1. The fourth-order valence-electron chi connectivity index (χ4n) is 3.54. The molecule has 0 aliphatic heterocycles. The lowest BCUT2D eigenvalue weighted by atomic mass is 10.1. The molecule has 2 aromatic carbocycles. The zero-order valence-electron chi connectivity index (χ0n) is 18.1. The first kappa shape index (κ1) is 20.5. The van der Waals surface area contributed by atoms with Crippen LogP contribution >= 0.6 is 0 Å². The predicted molar refractivity (Wildman–Crippen MR) is 122 cm³/mol. The molecule has 4 rings (SSSR count). The highest BCUT2D eigenvalue weighted by Crippen LogP contribution is 2.17. The second kappa shape index (κ2) is 8.18. The highest BCUT2D eigenvalue weighted by atomic mass is 16.2. The third-order valence-corrected chi connectivity index (χ3v) is 5.39. The molecule has 0 aliphatic rings. The quantitative estimate of drug-likeness (QED) is 0.537. The van der Waals surface area contributed by atoms with Gasteiger partial charge >= 0.3 is 0 Å². The van der Waals surface area contributed by atoms with Crippen molar-refractivity contribution in [2.24, 2.45) is 0 Å². The number of aryl methyl sites for hydroxylation is 4. The van der Waals surface area contributed by atoms with Gasteiger partial charge in [0.2, 0.25) is 5.91 Å². The van der Waals surface area contributed by atoms with E-state index in [9.17, 15) is 9.59 Å². The van der Waals surface area contributed by atoms with Gasteiger partial charge in [0.15, 0.2) is 5.65 Å². The number of nitrogens with one attached hydrogen (secondary N) is 1. The first-order valence-electron chi connectivity index (χ1n) is 10.2. The van der Waals surface area contributed by atoms with Crippen LogP contribution in [0.4, 0.5) is 5.69 Å². The van der Waals surface area contributed by atoms with Crippen LogP contribution in [0.3, 0.4) is 0 Å². The molecule has 2 heterocycles. The van der Waals surface area contributed by atoms with E-state index in [1.54, 1.807) is 11.6 Å². The number of benzene rings is 2. The van der Waals surface area contributed by atoms with Gasteiger partial charge in [-0.25, -0.2) is 9.67 Å². The molecule has 1 amide bonds. The first-order chi connectivity index (χ1) is 14.8. The third kappa shape index (κ3) is 4.12. The molecule has 0 fully saturated rings. The molecule has 7 heteroatoms. The second-order valence-electron chi connectivity index (χ2n) is 7.86. The Morgan fingerprint density at radius 2 is 1.71 bits per heavy atom. The Hall–Kier alpha value is -3.74. The largest absolute Gasteiger partial charge is 0.326 e. The van der Waals surface area contributed by atoms with Crippen LogP contribution in [-0.4, -0.2) is 25.2 Å². The summed E-state index contributed by atoms with van der Waals surface area (Å²) >= 11 is 0. The molecule has 0 saturated heterocycles. The van der Waals surface area contributed by atoms with Crippen LogP contribution in [0.15, 0.2) is 53.5 Å². The summed E-state index contributed by atoms with van der Waals surface area (Å²) in [4.78, 5) is 30.2. The van der Waals surface area contributed by atoms with E-state index in [1.165, 1.54) is 10.8 Å². The summed E-state index contributed by atoms with van der Waals surface area (Å²) in [5.41, 5.74) is 5.18. The molecule has 0 saturated carbocycles. The summed E-state index contributed by atoms with van der Waals surface area (Å²) in [7, 11) is 0. The van der Waals surface area contributed by atoms with Gasteiger partial charge < -0.3 is 5.32 Å². The monoisotopic (exact) mass is 415 g/mol. The number of nitrogens with zero attached hydrogens (tertiary/aromatic N) is 4. The van der Waals surface area contributed by atoms with Crippen LogP contribution in [0.2, 0.25) is 0 Å². The van der Waals surface area contributed by atoms with Crippen molar-refractivity contribution in [3.63, 3.8) is 0 Å². The lowest BCUT2D eigenvalue weighted by Crippen LogP contribution is -2.26. The van der Waals surface area contributed by atoms with Gasteiger partial charge in [0.05, 0.1) is 11.9 Å². The summed E-state index contributed by atoms with van der Waals surface area (Å²) in [6, 6.07) is 13.8. The van der Waals surface area contributed by atoms with Crippen LogP contribution < -0.4 is 10.9 Å². The van der Waals surface area contributed by atoms with Crippen molar-refractivity contribution in [2.45, 2.75) is 40.7 Å². The van der Waals surface area contributed by atoms with Gasteiger partial charge in [0, 0.05) is 18.7 Å². The first-order valence-corrected chi connectivity index (χ1v) is 10.2. The minimum atomic E-state index is -0.194. The SMILES string of the molecule is Cc1ccc(-n2ncc3c(=O)n(CCC(=O)Nc4cc(C)ccc4C)c(C)nc32)cc1. The summed E-state index contributed by atoms with van der Waals surface area (Å²) in [6.07, 6.45) is 1.71. The van der Waals surface area contributed by atoms with E-state index in [0.717, 1.165) is 28.1 Å². The molecule has 31 heavy (non-hydrogen) atoms. The number of fused-ring (bicyclic) bond motifs is 1. The molecular weight excluding hydrogens is 390 g/mol. The topological polar surface area (TPSA) is 81.8 Å². The second-order valence-corrected chi connectivity index (χ2v) is 7.86. The third-order valence-electron chi connectivity index (χ3n) is 5.39. The Bertz CT molecular complexity index is 1330. The van der Waals surface area contributed by atoms with Crippen molar-refractivity contribution in [1.82, 2.24) is 19.3 Å². The number of aromatic nitrogens is 4. The Morgan fingerprint density at radius 3 is 2.45 bits per heavy atom. The van der Waals surface area contributed by atoms with E-state index in [-0.39, 0.29) is 24.4 Å². The van der Waals surface area contributed by atoms with Gasteiger partial charge in [-0.1, -0.05) is 29.8 Å². The maximum Gasteiger partial charge on any atom is 0.264 e. The van der Waals surface area contributed by atoms with Crippen molar-refractivity contribution in [2.75, 3.05) is 5.32 Å². The van der Waals surface area contributed by atoms with Crippen molar-refractivity contribution in [3.05, 3.63) is 81.5 Å². The number of amides is 1. The average molecular weight is 415 g/mol. The van der Waals surface area contributed by atoms with E-state index >= 15 is 0 Å². The average Bonchev–Trinajstić information content (AvgIpc) is 3.15. The fraction of sp³-hybridized carbons (Fsp3) is 0.250. The Balaban J connectivity index is 1.57. The van der Waals surface area contributed by atoms with E-state index < -0.39 is 0 Å². The Morgan fingerprint density at radius 1 is 1.00 bits per heavy atom. The molecule has 7 nitrogen and oxygen atoms in total. The maximum atomic E-state index is 13.1. The minimum Gasteiger partial charge on any atom is -0.326 e. The molecular formula is C24H25N5O2. The fourth-order valence-corrected chi connectivity index (χ4v) is 3.54. The summed E-state index contributed by atoms with van der Waals surface area (Å²) < 4.78 is 3.20. The Kier molecular flexibility index (Phi) is 5.42. The van der Waals surface area contributed by atoms with Crippen LogP contribution in [-0.2, 0) is 11.3 Å². The van der Waals surface area contributed by atoms with Gasteiger partial charge in [-0.2, -0.15) is 5.10 Å². The van der Waals surface area contributed by atoms with Crippen molar-refractivity contribution >= 4 is 22.6 Å².